The molecule has 1 aliphatic rings. The predicted molar refractivity (Wildman–Crippen MR) is 60.6 cm³/mol. The van der Waals surface area contributed by atoms with Crippen LogP contribution in [0, 0.1) is 5.41 Å². The number of hydrogen-bond donors (Lipinski definition) is 0. The summed E-state index contributed by atoms with van der Waals surface area (Å²) in [4.78, 5) is 0. The molecule has 1 saturated heterocycles. The summed E-state index contributed by atoms with van der Waals surface area (Å²) in [5.74, 6) is 0.290. The van der Waals surface area contributed by atoms with Crippen LogP contribution >= 0.6 is 15.9 Å². The van der Waals surface area contributed by atoms with Crippen LogP contribution in [0.1, 0.15) is 19.3 Å². The van der Waals surface area contributed by atoms with Gasteiger partial charge in [0.15, 0.2) is 0 Å². The molecule has 0 aliphatic carbocycles. The Labute approximate surface area is 94.3 Å². The van der Waals surface area contributed by atoms with Crippen LogP contribution in [-0.2, 0) is 14.6 Å². The maximum atomic E-state index is 11.1. The second kappa shape index (κ2) is 4.94. The van der Waals surface area contributed by atoms with Crippen LogP contribution in [0.15, 0.2) is 0 Å². The Morgan fingerprint density at radius 1 is 1.36 bits per heavy atom. The Morgan fingerprint density at radius 3 is 2.36 bits per heavy atom. The highest BCUT2D eigenvalue weighted by Crippen LogP contribution is 2.36. The van der Waals surface area contributed by atoms with Crippen LogP contribution in [0.2, 0.25) is 0 Å². The van der Waals surface area contributed by atoms with Gasteiger partial charge in [-0.05, 0) is 24.7 Å². The van der Waals surface area contributed by atoms with E-state index >= 15 is 0 Å². The summed E-state index contributed by atoms with van der Waals surface area (Å²) in [6.45, 7) is 1.52. The number of halogens is 1. The molecule has 3 nitrogen and oxygen atoms in total. The van der Waals surface area contributed by atoms with Gasteiger partial charge in [0.2, 0.25) is 0 Å². The van der Waals surface area contributed by atoms with E-state index in [-0.39, 0.29) is 5.41 Å². The third kappa shape index (κ3) is 3.87. The van der Waals surface area contributed by atoms with Gasteiger partial charge in [-0.1, -0.05) is 15.9 Å². The lowest BCUT2D eigenvalue weighted by Gasteiger charge is -2.35. The van der Waals surface area contributed by atoms with E-state index in [1.165, 1.54) is 6.26 Å². The molecule has 0 bridgehead atoms. The Balaban J connectivity index is 2.52. The minimum Gasteiger partial charge on any atom is -0.381 e. The Bertz CT molecular complexity index is 268. The summed E-state index contributed by atoms with van der Waals surface area (Å²) < 4.78 is 27.5. The Kier molecular flexibility index (Phi) is 4.40. The molecule has 1 aliphatic heterocycles. The van der Waals surface area contributed by atoms with Crippen LogP contribution in [0.25, 0.3) is 0 Å². The van der Waals surface area contributed by atoms with Crippen molar-refractivity contribution in [3.63, 3.8) is 0 Å². The molecule has 0 N–H and O–H groups in total. The van der Waals surface area contributed by atoms with Gasteiger partial charge in [0.25, 0.3) is 0 Å². The molecule has 0 aromatic carbocycles. The smallest absolute Gasteiger partial charge is 0.147 e. The van der Waals surface area contributed by atoms with Gasteiger partial charge in [-0.3, -0.25) is 0 Å². The number of ether oxygens (including phenoxy) is 1. The zero-order valence-corrected chi connectivity index (χ0v) is 10.9. The molecule has 0 radical (unpaired) electrons. The van der Waals surface area contributed by atoms with Gasteiger partial charge in [0.1, 0.15) is 9.84 Å². The van der Waals surface area contributed by atoms with E-state index in [1.54, 1.807) is 0 Å². The van der Waals surface area contributed by atoms with Crippen molar-refractivity contribution in [2.75, 3.05) is 30.6 Å². The molecular weight excluding hydrogens is 268 g/mol. The van der Waals surface area contributed by atoms with Crippen molar-refractivity contribution in [3.05, 3.63) is 0 Å². The van der Waals surface area contributed by atoms with E-state index < -0.39 is 9.84 Å². The standard InChI is InChI=1S/C9H17BrO3S/c1-14(11,12)7-4-9(8-10)2-5-13-6-3-9/h2-8H2,1H3. The van der Waals surface area contributed by atoms with Crippen LogP contribution in [-0.4, -0.2) is 39.0 Å². The van der Waals surface area contributed by atoms with Gasteiger partial charge in [0, 0.05) is 24.8 Å². The average Bonchev–Trinajstić information content (AvgIpc) is 2.15. The van der Waals surface area contributed by atoms with Crippen molar-refractivity contribution >= 4 is 25.8 Å². The summed E-state index contributed by atoms with van der Waals surface area (Å²) in [7, 11) is -2.83. The monoisotopic (exact) mass is 284 g/mol. The average molecular weight is 285 g/mol. The first-order valence-corrected chi connectivity index (χ1v) is 7.97. The van der Waals surface area contributed by atoms with Gasteiger partial charge < -0.3 is 4.74 Å². The van der Waals surface area contributed by atoms with Gasteiger partial charge in [-0.2, -0.15) is 0 Å². The lowest BCUT2D eigenvalue weighted by atomic mass is 9.80. The number of alkyl halides is 1. The first-order valence-electron chi connectivity index (χ1n) is 4.79. The predicted octanol–water partition coefficient (Wildman–Crippen LogP) is 1.61. The molecule has 14 heavy (non-hydrogen) atoms. The van der Waals surface area contributed by atoms with E-state index in [0.29, 0.717) is 5.75 Å². The lowest BCUT2D eigenvalue weighted by Crippen LogP contribution is -2.33. The summed E-state index contributed by atoms with van der Waals surface area (Å²) in [5.41, 5.74) is 0.140. The topological polar surface area (TPSA) is 43.4 Å². The van der Waals surface area contributed by atoms with Crippen LogP contribution < -0.4 is 0 Å². The SMILES string of the molecule is CS(=O)(=O)CCC1(CBr)CCOCC1. The highest BCUT2D eigenvalue weighted by atomic mass is 79.9. The van der Waals surface area contributed by atoms with Crippen molar-refractivity contribution in [2.45, 2.75) is 19.3 Å². The van der Waals surface area contributed by atoms with Crippen molar-refractivity contribution in [1.29, 1.82) is 0 Å². The third-order valence-corrected chi connectivity index (χ3v) is 4.98. The van der Waals surface area contributed by atoms with Gasteiger partial charge >= 0.3 is 0 Å². The maximum absolute atomic E-state index is 11.1. The van der Waals surface area contributed by atoms with Crippen molar-refractivity contribution < 1.29 is 13.2 Å². The third-order valence-electron chi connectivity index (χ3n) is 2.84. The first kappa shape index (κ1) is 12.5. The minimum atomic E-state index is -2.83. The van der Waals surface area contributed by atoms with Crippen LogP contribution in [0.4, 0.5) is 0 Å². The Morgan fingerprint density at radius 2 is 1.93 bits per heavy atom. The highest BCUT2D eigenvalue weighted by molar-refractivity contribution is 9.09. The molecule has 0 spiro atoms. The van der Waals surface area contributed by atoms with E-state index in [4.69, 9.17) is 4.74 Å². The molecule has 5 heteroatoms. The van der Waals surface area contributed by atoms with Gasteiger partial charge in [0.05, 0.1) is 5.75 Å². The van der Waals surface area contributed by atoms with Crippen molar-refractivity contribution in [2.24, 2.45) is 5.41 Å². The zero-order chi connectivity index (χ0) is 10.7. The van der Waals surface area contributed by atoms with Crippen molar-refractivity contribution in [1.82, 2.24) is 0 Å². The molecule has 1 rings (SSSR count). The summed E-state index contributed by atoms with van der Waals surface area (Å²) >= 11 is 3.49. The zero-order valence-electron chi connectivity index (χ0n) is 8.46. The molecule has 1 fully saturated rings. The molecule has 0 atom stereocenters. The minimum absolute atomic E-state index is 0.140. The van der Waals surface area contributed by atoms with E-state index in [2.05, 4.69) is 15.9 Å². The Hall–Kier alpha value is 0.390. The summed E-state index contributed by atoms with van der Waals surface area (Å²) in [5, 5.41) is 0.874. The second-order valence-corrected chi connectivity index (χ2v) is 6.95. The fraction of sp³-hybridized carbons (Fsp3) is 1.00. The molecule has 1 heterocycles. The lowest BCUT2D eigenvalue weighted by molar-refractivity contribution is 0.0254. The van der Waals surface area contributed by atoms with Gasteiger partial charge in [-0.25, -0.2) is 8.42 Å². The van der Waals surface area contributed by atoms with Crippen LogP contribution in [0.3, 0.4) is 0 Å². The maximum Gasteiger partial charge on any atom is 0.147 e. The first-order chi connectivity index (χ1) is 6.47. The van der Waals surface area contributed by atoms with E-state index in [9.17, 15) is 8.42 Å². The number of rotatable bonds is 4. The summed E-state index contributed by atoms with van der Waals surface area (Å²) in [6.07, 6.45) is 3.98. The normalized spacial score (nSPS) is 22.1. The number of sulfone groups is 1. The second-order valence-electron chi connectivity index (χ2n) is 4.13. The molecule has 0 unspecified atom stereocenters. The number of hydrogen-bond acceptors (Lipinski definition) is 3. The largest absolute Gasteiger partial charge is 0.381 e. The molecule has 0 amide bonds. The molecular formula is C9H17BrO3S. The quantitative estimate of drug-likeness (QED) is 0.737. The molecule has 0 aromatic heterocycles. The van der Waals surface area contributed by atoms with E-state index in [1.807, 2.05) is 0 Å². The molecule has 84 valence electrons. The van der Waals surface area contributed by atoms with E-state index in [0.717, 1.165) is 37.8 Å². The van der Waals surface area contributed by atoms with Gasteiger partial charge in [-0.15, -0.1) is 0 Å². The fourth-order valence-corrected chi connectivity index (χ4v) is 3.30. The fourth-order valence-electron chi connectivity index (χ4n) is 1.66. The molecule has 0 saturated carbocycles. The highest BCUT2D eigenvalue weighted by Gasteiger charge is 2.32. The molecule has 0 aromatic rings. The van der Waals surface area contributed by atoms with Crippen LogP contribution in [0.5, 0.6) is 0 Å². The van der Waals surface area contributed by atoms with Crippen molar-refractivity contribution in [3.8, 4) is 0 Å². The summed E-state index contributed by atoms with van der Waals surface area (Å²) in [6, 6.07) is 0.